The van der Waals surface area contributed by atoms with Crippen LogP contribution in [0.1, 0.15) is 5.56 Å². The molecule has 0 saturated carbocycles. The quantitative estimate of drug-likeness (QED) is 0.563. The molecule has 0 fully saturated rings. The maximum atomic E-state index is 13.2. The molecular weight excluding hydrogens is 376 g/mol. The second-order valence-corrected chi connectivity index (χ2v) is 5.34. The Hall–Kier alpha value is -2.97. The van der Waals surface area contributed by atoms with Gasteiger partial charge in [0.15, 0.2) is 6.61 Å². The summed E-state index contributed by atoms with van der Waals surface area (Å²) < 4.78 is 80.3. The van der Waals surface area contributed by atoms with Gasteiger partial charge in [-0.15, -0.1) is 0 Å². The minimum Gasteiger partial charge on any atom is -0.484 e. The van der Waals surface area contributed by atoms with Gasteiger partial charge in [-0.05, 0) is 29.8 Å². The molecule has 9 heteroatoms. The number of alkyl halides is 6. The van der Waals surface area contributed by atoms with Crippen molar-refractivity contribution in [3.8, 4) is 5.75 Å². The molecule has 2 rings (SSSR count). The molecule has 0 bridgehead atoms. The van der Waals surface area contributed by atoms with Gasteiger partial charge in [-0.25, -0.2) is 0 Å². The van der Waals surface area contributed by atoms with E-state index in [9.17, 15) is 31.1 Å². The van der Waals surface area contributed by atoms with Gasteiger partial charge in [0.2, 0.25) is 5.91 Å². The fraction of sp³-hybridized carbons (Fsp3) is 0.167. The van der Waals surface area contributed by atoms with Crippen molar-refractivity contribution in [2.75, 3.05) is 11.9 Å². The molecule has 0 saturated heterocycles. The lowest BCUT2D eigenvalue weighted by molar-refractivity contribution is -0.153. The van der Waals surface area contributed by atoms with E-state index in [1.807, 2.05) is 0 Å². The predicted molar refractivity (Wildman–Crippen MR) is 87.1 cm³/mol. The molecule has 0 unspecified atom stereocenters. The highest BCUT2D eigenvalue weighted by molar-refractivity contribution is 6.04. The van der Waals surface area contributed by atoms with Crippen LogP contribution in [0.25, 0.3) is 5.57 Å². The molecule has 3 nitrogen and oxygen atoms in total. The number of anilines is 1. The first-order valence-electron chi connectivity index (χ1n) is 7.49. The van der Waals surface area contributed by atoms with Gasteiger partial charge in [0.1, 0.15) is 5.75 Å². The first kappa shape index (κ1) is 20.3. The van der Waals surface area contributed by atoms with Crippen molar-refractivity contribution >= 4 is 17.2 Å². The molecule has 1 amide bonds. The van der Waals surface area contributed by atoms with E-state index in [0.717, 1.165) is 12.1 Å². The summed E-state index contributed by atoms with van der Waals surface area (Å²) in [5.41, 5.74) is -1.19. The summed E-state index contributed by atoms with van der Waals surface area (Å²) in [7, 11) is 0. The summed E-state index contributed by atoms with van der Waals surface area (Å²) in [5, 5.41) is 2.22. The Bertz CT molecular complexity index is 795. The van der Waals surface area contributed by atoms with E-state index in [0.29, 0.717) is 6.08 Å². The highest BCUT2D eigenvalue weighted by Gasteiger charge is 2.35. The third-order valence-corrected chi connectivity index (χ3v) is 3.19. The summed E-state index contributed by atoms with van der Waals surface area (Å²) in [6.45, 7) is -1.48. The van der Waals surface area contributed by atoms with Crippen molar-refractivity contribution in [3.05, 3.63) is 66.2 Å². The van der Waals surface area contributed by atoms with Crippen LogP contribution in [0.3, 0.4) is 0 Å². The zero-order chi connectivity index (χ0) is 20.1. The van der Waals surface area contributed by atoms with Gasteiger partial charge in [-0.3, -0.25) is 4.79 Å². The second-order valence-electron chi connectivity index (χ2n) is 5.34. The number of nitrogens with one attached hydrogen (secondary N) is 1. The molecule has 1 N–H and O–H groups in total. The van der Waals surface area contributed by atoms with Crippen molar-refractivity contribution in [1.82, 2.24) is 0 Å². The minimum absolute atomic E-state index is 0.0962. The number of allylic oxidation sites excluding steroid dienone is 1. The van der Waals surface area contributed by atoms with Crippen LogP contribution in [-0.4, -0.2) is 24.9 Å². The number of amides is 1. The minimum atomic E-state index is -4.74. The van der Waals surface area contributed by atoms with E-state index in [4.69, 9.17) is 0 Å². The number of carbonyl (C=O) groups is 1. The molecule has 0 aliphatic carbocycles. The van der Waals surface area contributed by atoms with Crippen molar-refractivity contribution in [1.29, 1.82) is 0 Å². The average Bonchev–Trinajstić information content (AvgIpc) is 2.58. The van der Waals surface area contributed by atoms with E-state index < -0.39 is 30.4 Å². The molecule has 2 aromatic rings. The Balaban J connectivity index is 2.10. The Morgan fingerprint density at radius 1 is 0.926 bits per heavy atom. The first-order valence-corrected chi connectivity index (χ1v) is 7.49. The lowest BCUT2D eigenvalue weighted by Crippen LogP contribution is -2.19. The van der Waals surface area contributed by atoms with Crippen LogP contribution in [-0.2, 0) is 4.79 Å². The van der Waals surface area contributed by atoms with Crippen molar-refractivity contribution < 1.29 is 35.9 Å². The third kappa shape index (κ3) is 6.69. The largest absolute Gasteiger partial charge is 0.484 e. The van der Waals surface area contributed by atoms with E-state index in [2.05, 4.69) is 10.1 Å². The van der Waals surface area contributed by atoms with E-state index in [-0.39, 0.29) is 17.0 Å². The van der Waals surface area contributed by atoms with E-state index >= 15 is 0 Å². The summed E-state index contributed by atoms with van der Waals surface area (Å²) in [5.74, 6) is -1.13. The SMILES string of the molecule is O=C(/C=C(/c1ccccc1)C(F)(F)F)Nc1ccc(OCC(F)(F)F)cc1. The highest BCUT2D eigenvalue weighted by Crippen LogP contribution is 2.33. The number of hydrogen-bond donors (Lipinski definition) is 1. The van der Waals surface area contributed by atoms with Crippen LogP contribution in [0.4, 0.5) is 32.0 Å². The summed E-state index contributed by atoms with van der Waals surface area (Å²) >= 11 is 0. The fourth-order valence-electron chi connectivity index (χ4n) is 2.06. The van der Waals surface area contributed by atoms with Gasteiger partial charge in [-0.1, -0.05) is 30.3 Å². The molecule has 0 spiro atoms. The van der Waals surface area contributed by atoms with Gasteiger partial charge >= 0.3 is 12.4 Å². The molecule has 0 aromatic heterocycles. The summed E-state index contributed by atoms with van der Waals surface area (Å²) in [4.78, 5) is 11.9. The number of rotatable bonds is 5. The molecule has 0 heterocycles. The number of halogens is 6. The smallest absolute Gasteiger partial charge is 0.422 e. The third-order valence-electron chi connectivity index (χ3n) is 3.19. The Morgan fingerprint density at radius 3 is 2.04 bits per heavy atom. The van der Waals surface area contributed by atoms with Crippen LogP contribution in [0.15, 0.2) is 60.7 Å². The van der Waals surface area contributed by atoms with Crippen LogP contribution in [0.2, 0.25) is 0 Å². The van der Waals surface area contributed by atoms with Crippen LogP contribution in [0, 0.1) is 0 Å². The maximum Gasteiger partial charge on any atom is 0.422 e. The summed E-state index contributed by atoms with van der Waals surface area (Å²) in [6, 6.07) is 11.6. The number of carbonyl (C=O) groups excluding carboxylic acids is 1. The number of ether oxygens (including phenoxy) is 1. The van der Waals surface area contributed by atoms with Gasteiger partial charge in [0.25, 0.3) is 0 Å². The second kappa shape index (κ2) is 8.15. The van der Waals surface area contributed by atoms with Crippen molar-refractivity contribution in [2.45, 2.75) is 12.4 Å². The molecule has 0 aliphatic rings. The average molecular weight is 389 g/mol. The van der Waals surface area contributed by atoms with Gasteiger partial charge in [-0.2, -0.15) is 26.3 Å². The zero-order valence-electron chi connectivity index (χ0n) is 13.6. The Morgan fingerprint density at radius 2 is 1.52 bits per heavy atom. The number of benzene rings is 2. The molecule has 27 heavy (non-hydrogen) atoms. The lowest BCUT2D eigenvalue weighted by atomic mass is 10.1. The normalized spacial score (nSPS) is 12.6. The van der Waals surface area contributed by atoms with Crippen molar-refractivity contribution in [2.24, 2.45) is 0 Å². The fourth-order valence-corrected chi connectivity index (χ4v) is 2.06. The Labute approximate surface area is 150 Å². The van der Waals surface area contributed by atoms with Crippen LogP contribution < -0.4 is 10.1 Å². The van der Waals surface area contributed by atoms with Gasteiger partial charge < -0.3 is 10.1 Å². The lowest BCUT2D eigenvalue weighted by Gasteiger charge is -2.12. The van der Waals surface area contributed by atoms with Crippen LogP contribution in [0.5, 0.6) is 5.75 Å². The summed E-state index contributed by atoms with van der Waals surface area (Å²) in [6.07, 6.45) is -8.82. The predicted octanol–water partition coefficient (Wildman–Crippen LogP) is 5.21. The first-order chi connectivity index (χ1) is 12.5. The molecular formula is C18H13F6NO2. The number of hydrogen-bond acceptors (Lipinski definition) is 2. The standard InChI is InChI=1S/C18H13F6NO2/c19-17(20,21)11-27-14-8-6-13(7-9-14)25-16(26)10-15(18(22,23)24)12-4-2-1-3-5-12/h1-10H,11H2,(H,25,26)/b15-10-. The molecule has 144 valence electrons. The molecule has 0 aliphatic heterocycles. The van der Waals surface area contributed by atoms with E-state index in [1.165, 1.54) is 36.4 Å². The maximum absolute atomic E-state index is 13.2. The highest BCUT2D eigenvalue weighted by atomic mass is 19.4. The van der Waals surface area contributed by atoms with Crippen LogP contribution >= 0.6 is 0 Å². The van der Waals surface area contributed by atoms with E-state index in [1.54, 1.807) is 6.07 Å². The van der Waals surface area contributed by atoms with Crippen molar-refractivity contribution in [3.63, 3.8) is 0 Å². The molecule has 0 atom stereocenters. The molecule has 2 aromatic carbocycles. The zero-order valence-corrected chi connectivity index (χ0v) is 13.6. The monoisotopic (exact) mass is 389 g/mol. The topological polar surface area (TPSA) is 38.3 Å². The molecule has 0 radical (unpaired) electrons. The van der Waals surface area contributed by atoms with Gasteiger partial charge in [0, 0.05) is 11.8 Å². The Kier molecular flexibility index (Phi) is 6.14. The van der Waals surface area contributed by atoms with Gasteiger partial charge in [0.05, 0.1) is 5.57 Å².